The molecule has 140 valence electrons. The van der Waals surface area contributed by atoms with Crippen LogP contribution in [0, 0.1) is 0 Å². The van der Waals surface area contributed by atoms with Gasteiger partial charge in [0.15, 0.2) is 0 Å². The number of benzene rings is 2. The summed E-state index contributed by atoms with van der Waals surface area (Å²) in [6.45, 7) is 1.01. The fourth-order valence-electron chi connectivity index (χ4n) is 3.01. The average molecular weight is 381 g/mol. The lowest BCUT2D eigenvalue weighted by molar-refractivity contribution is -0.122. The predicted octanol–water partition coefficient (Wildman–Crippen LogP) is 4.09. The number of rotatable bonds is 8. The summed E-state index contributed by atoms with van der Waals surface area (Å²) in [5.74, 6) is 0.829. The number of thiophene rings is 1. The van der Waals surface area contributed by atoms with Crippen LogP contribution in [0.5, 0.6) is 5.75 Å². The maximum Gasteiger partial charge on any atom is 0.234 e. The van der Waals surface area contributed by atoms with Crippen LogP contribution in [0.1, 0.15) is 22.0 Å². The van der Waals surface area contributed by atoms with E-state index < -0.39 is 0 Å². The molecular formula is C22H24N2O2S. The van der Waals surface area contributed by atoms with Gasteiger partial charge in [-0.25, -0.2) is 0 Å². The number of carbonyl (C=O) groups is 1. The number of ether oxygens (including phenoxy) is 1. The van der Waals surface area contributed by atoms with Crippen molar-refractivity contribution in [3.05, 3.63) is 88.1 Å². The molecule has 1 amide bonds. The second-order valence-corrected chi connectivity index (χ2v) is 7.43. The van der Waals surface area contributed by atoms with E-state index in [1.165, 1.54) is 0 Å². The number of nitrogens with zero attached hydrogens (tertiary/aromatic N) is 1. The van der Waals surface area contributed by atoms with Crippen LogP contribution in [0.15, 0.2) is 72.1 Å². The maximum atomic E-state index is 12.7. The zero-order valence-electron chi connectivity index (χ0n) is 15.6. The summed E-state index contributed by atoms with van der Waals surface area (Å²) in [5.41, 5.74) is 2.20. The average Bonchev–Trinajstić information content (AvgIpc) is 3.21. The van der Waals surface area contributed by atoms with Crippen molar-refractivity contribution in [3.8, 4) is 5.75 Å². The Labute approximate surface area is 164 Å². The minimum absolute atomic E-state index is 0.00245. The Morgan fingerprint density at radius 2 is 1.93 bits per heavy atom. The molecule has 0 fully saturated rings. The van der Waals surface area contributed by atoms with Crippen molar-refractivity contribution in [3.63, 3.8) is 0 Å². The minimum atomic E-state index is -0.121. The zero-order chi connectivity index (χ0) is 19.1. The molecule has 1 heterocycles. The fraction of sp³-hybridized carbons (Fsp3) is 0.227. The molecule has 1 aromatic heterocycles. The van der Waals surface area contributed by atoms with E-state index in [0.29, 0.717) is 13.1 Å². The molecule has 0 aliphatic rings. The highest BCUT2D eigenvalue weighted by Crippen LogP contribution is 2.25. The number of hydrogen-bond donors (Lipinski definition) is 1. The van der Waals surface area contributed by atoms with Gasteiger partial charge in [0.25, 0.3) is 0 Å². The number of carbonyl (C=O) groups excluding carboxylic acids is 1. The quantitative estimate of drug-likeness (QED) is 0.640. The number of amides is 1. The standard InChI is InChI=1S/C22H24N2O2S/c1-24(15-17-8-6-11-19(14-17)26-2)16-21(25)23-22(20-12-7-13-27-20)18-9-4-3-5-10-18/h3-14,22H,15-16H2,1-2H3,(H,23,25)/t22-/m0/s1. The number of likely N-dealkylation sites (N-methyl/N-ethyl adjacent to an activating group) is 1. The molecule has 27 heavy (non-hydrogen) atoms. The van der Waals surface area contributed by atoms with Crippen LogP contribution in [0.4, 0.5) is 0 Å². The van der Waals surface area contributed by atoms with Crippen molar-refractivity contribution in [1.82, 2.24) is 10.2 Å². The first kappa shape index (κ1) is 19.1. The molecule has 0 bridgehead atoms. The third kappa shape index (κ3) is 5.42. The van der Waals surface area contributed by atoms with Gasteiger partial charge in [0.05, 0.1) is 19.7 Å². The molecule has 3 aromatic rings. The molecule has 0 spiro atoms. The van der Waals surface area contributed by atoms with Gasteiger partial charge in [-0.2, -0.15) is 0 Å². The number of methoxy groups -OCH3 is 1. The lowest BCUT2D eigenvalue weighted by Crippen LogP contribution is -2.37. The van der Waals surface area contributed by atoms with E-state index in [-0.39, 0.29) is 11.9 Å². The molecule has 0 unspecified atom stereocenters. The molecular weight excluding hydrogens is 356 g/mol. The maximum absolute atomic E-state index is 12.7. The highest BCUT2D eigenvalue weighted by atomic mass is 32.1. The smallest absolute Gasteiger partial charge is 0.234 e. The summed E-state index contributed by atoms with van der Waals surface area (Å²) in [5, 5.41) is 5.21. The summed E-state index contributed by atoms with van der Waals surface area (Å²) in [6, 6.07) is 21.9. The fourth-order valence-corrected chi connectivity index (χ4v) is 3.81. The predicted molar refractivity (Wildman–Crippen MR) is 110 cm³/mol. The zero-order valence-corrected chi connectivity index (χ0v) is 16.4. The molecule has 1 atom stereocenters. The normalized spacial score (nSPS) is 12.0. The first-order valence-corrected chi connectivity index (χ1v) is 9.73. The molecule has 1 N–H and O–H groups in total. The molecule has 0 saturated heterocycles. The molecule has 2 aromatic carbocycles. The number of hydrogen-bond acceptors (Lipinski definition) is 4. The van der Waals surface area contributed by atoms with Gasteiger partial charge in [-0.3, -0.25) is 9.69 Å². The second-order valence-electron chi connectivity index (χ2n) is 6.45. The summed E-state index contributed by atoms with van der Waals surface area (Å²) in [7, 11) is 3.60. The highest BCUT2D eigenvalue weighted by molar-refractivity contribution is 7.10. The molecule has 0 radical (unpaired) electrons. The Bertz CT molecular complexity index is 850. The van der Waals surface area contributed by atoms with Gasteiger partial charge >= 0.3 is 0 Å². The van der Waals surface area contributed by atoms with Gasteiger partial charge in [-0.05, 0) is 41.8 Å². The van der Waals surface area contributed by atoms with Crippen LogP contribution in [-0.4, -0.2) is 31.5 Å². The van der Waals surface area contributed by atoms with Crippen LogP contribution in [0.25, 0.3) is 0 Å². The summed E-state index contributed by atoms with van der Waals surface area (Å²) >= 11 is 1.65. The van der Waals surface area contributed by atoms with E-state index in [1.54, 1.807) is 18.4 Å². The number of nitrogens with one attached hydrogen (secondary N) is 1. The van der Waals surface area contributed by atoms with E-state index in [4.69, 9.17) is 4.74 Å². The van der Waals surface area contributed by atoms with Crippen LogP contribution in [0.2, 0.25) is 0 Å². The second kappa shape index (κ2) is 9.35. The largest absolute Gasteiger partial charge is 0.497 e. The Hall–Kier alpha value is -2.63. The third-order valence-electron chi connectivity index (χ3n) is 4.27. The molecule has 0 aliphatic carbocycles. The Kier molecular flexibility index (Phi) is 6.63. The van der Waals surface area contributed by atoms with Gasteiger partial charge in [-0.1, -0.05) is 48.5 Å². The SMILES string of the molecule is COc1cccc(CN(C)CC(=O)N[C@@H](c2ccccc2)c2cccs2)c1. The van der Waals surface area contributed by atoms with Gasteiger partial charge < -0.3 is 10.1 Å². The van der Waals surface area contributed by atoms with E-state index in [1.807, 2.05) is 78.0 Å². The third-order valence-corrected chi connectivity index (χ3v) is 5.20. The molecule has 0 saturated carbocycles. The Morgan fingerprint density at radius 3 is 2.63 bits per heavy atom. The van der Waals surface area contributed by atoms with Crippen LogP contribution in [0.3, 0.4) is 0 Å². The van der Waals surface area contributed by atoms with Gasteiger partial charge in [0, 0.05) is 11.4 Å². The summed E-state index contributed by atoms with van der Waals surface area (Å²) < 4.78 is 5.26. The van der Waals surface area contributed by atoms with Crippen molar-refractivity contribution in [2.75, 3.05) is 20.7 Å². The van der Waals surface area contributed by atoms with Gasteiger partial charge in [0.1, 0.15) is 5.75 Å². The Morgan fingerprint density at radius 1 is 1.11 bits per heavy atom. The van der Waals surface area contributed by atoms with E-state index >= 15 is 0 Å². The van der Waals surface area contributed by atoms with Crippen molar-refractivity contribution in [2.24, 2.45) is 0 Å². The first-order chi connectivity index (χ1) is 13.2. The van der Waals surface area contributed by atoms with Gasteiger partial charge in [0.2, 0.25) is 5.91 Å². The lowest BCUT2D eigenvalue weighted by Gasteiger charge is -2.21. The molecule has 5 heteroatoms. The van der Waals surface area contributed by atoms with Crippen LogP contribution in [-0.2, 0) is 11.3 Å². The van der Waals surface area contributed by atoms with Crippen molar-refractivity contribution in [1.29, 1.82) is 0 Å². The first-order valence-electron chi connectivity index (χ1n) is 8.85. The highest BCUT2D eigenvalue weighted by Gasteiger charge is 2.18. The van der Waals surface area contributed by atoms with Crippen molar-refractivity contribution < 1.29 is 9.53 Å². The molecule has 3 rings (SSSR count). The summed E-state index contributed by atoms with van der Waals surface area (Å²) in [4.78, 5) is 15.8. The Balaban J connectivity index is 1.64. The summed E-state index contributed by atoms with van der Waals surface area (Å²) in [6.07, 6.45) is 0. The molecule has 4 nitrogen and oxygen atoms in total. The van der Waals surface area contributed by atoms with Crippen LogP contribution < -0.4 is 10.1 Å². The topological polar surface area (TPSA) is 41.6 Å². The van der Waals surface area contributed by atoms with Crippen molar-refractivity contribution >= 4 is 17.2 Å². The van der Waals surface area contributed by atoms with E-state index in [2.05, 4.69) is 11.4 Å². The minimum Gasteiger partial charge on any atom is -0.497 e. The van der Waals surface area contributed by atoms with E-state index in [0.717, 1.165) is 21.8 Å². The molecule has 0 aliphatic heterocycles. The monoisotopic (exact) mass is 380 g/mol. The van der Waals surface area contributed by atoms with Crippen LogP contribution >= 0.6 is 11.3 Å². The van der Waals surface area contributed by atoms with E-state index in [9.17, 15) is 4.79 Å². The van der Waals surface area contributed by atoms with Crippen molar-refractivity contribution in [2.45, 2.75) is 12.6 Å². The van der Waals surface area contributed by atoms with Gasteiger partial charge in [-0.15, -0.1) is 11.3 Å². The lowest BCUT2D eigenvalue weighted by atomic mass is 10.1.